The maximum absolute atomic E-state index is 11.0. The molecule has 1 rings (SSSR count). The minimum absolute atomic E-state index is 0.235. The molecule has 0 amide bonds. The highest BCUT2D eigenvalue weighted by Gasteiger charge is 2.09. The van der Waals surface area contributed by atoms with Gasteiger partial charge in [-0.25, -0.2) is 0 Å². The quantitative estimate of drug-likeness (QED) is 0.556. The van der Waals surface area contributed by atoms with Gasteiger partial charge in [-0.1, -0.05) is 0 Å². The highest BCUT2D eigenvalue weighted by molar-refractivity contribution is 5.99. The van der Waals surface area contributed by atoms with Crippen molar-refractivity contribution in [1.82, 2.24) is 4.98 Å². The van der Waals surface area contributed by atoms with Crippen LogP contribution in [0.3, 0.4) is 0 Å². The molecule has 0 aliphatic rings. The van der Waals surface area contributed by atoms with E-state index in [2.05, 4.69) is 4.98 Å². The summed E-state index contributed by atoms with van der Waals surface area (Å²) < 4.78 is 0. The molecule has 74 valence electrons. The van der Waals surface area contributed by atoms with E-state index in [-0.39, 0.29) is 5.69 Å². The number of aromatic carboxylic acids is 2. The van der Waals surface area contributed by atoms with Crippen LogP contribution < -0.4 is 15.8 Å². The lowest BCUT2D eigenvalue weighted by molar-refractivity contribution is -0.259. The van der Waals surface area contributed by atoms with Gasteiger partial charge in [-0.3, -0.25) is 4.79 Å². The van der Waals surface area contributed by atoms with Crippen molar-refractivity contribution < 1.29 is 19.8 Å². The highest BCUT2D eigenvalue weighted by Crippen LogP contribution is 2.02. The summed E-state index contributed by atoms with van der Waals surface area (Å²) in [6.07, 6.45) is 0. The molecule has 0 aliphatic heterocycles. The van der Waals surface area contributed by atoms with Crippen molar-refractivity contribution >= 4 is 11.9 Å². The number of carbonyl (C=O) groups excluding carboxylic acids is 2. The fraction of sp³-hybridized carbons (Fsp3) is 0.125. The van der Waals surface area contributed by atoms with Crippen LogP contribution in [0.2, 0.25) is 0 Å². The molecule has 14 heavy (non-hydrogen) atoms. The summed E-state index contributed by atoms with van der Waals surface area (Å²) in [4.78, 5) is 34.1. The second kappa shape index (κ2) is 3.33. The standard InChI is InChI=1S/C8H7NO5/c1-3-2-4(7(11)12)5(8(13)14)6(10)9-3/h2H,1H3,(H,9,10)(H,11,12)(H,13,14)/p-2. The zero-order valence-electron chi connectivity index (χ0n) is 7.12. The second-order valence-corrected chi connectivity index (χ2v) is 2.65. The van der Waals surface area contributed by atoms with E-state index in [1.54, 1.807) is 0 Å². The minimum Gasteiger partial charge on any atom is -0.545 e. The van der Waals surface area contributed by atoms with Crippen molar-refractivity contribution in [3.63, 3.8) is 0 Å². The van der Waals surface area contributed by atoms with Gasteiger partial charge in [0.1, 0.15) is 0 Å². The highest BCUT2D eigenvalue weighted by atomic mass is 16.4. The number of carbonyl (C=O) groups is 2. The molecule has 0 radical (unpaired) electrons. The lowest BCUT2D eigenvalue weighted by Gasteiger charge is -2.10. The number of aryl methyl sites for hydroxylation is 1. The fourth-order valence-electron chi connectivity index (χ4n) is 1.05. The van der Waals surface area contributed by atoms with Crippen LogP contribution in [-0.2, 0) is 0 Å². The lowest BCUT2D eigenvalue weighted by Crippen LogP contribution is -2.36. The molecule has 0 bridgehead atoms. The first-order valence-corrected chi connectivity index (χ1v) is 3.60. The Kier molecular flexibility index (Phi) is 2.37. The number of aromatic nitrogens is 1. The van der Waals surface area contributed by atoms with Crippen molar-refractivity contribution in [3.8, 4) is 0 Å². The third-order valence-electron chi connectivity index (χ3n) is 1.59. The molecule has 0 saturated carbocycles. The molecular weight excluding hydrogens is 190 g/mol. The number of pyridine rings is 1. The Bertz CT molecular complexity index is 459. The average Bonchev–Trinajstić information content (AvgIpc) is 2.01. The van der Waals surface area contributed by atoms with Crippen LogP contribution in [0.15, 0.2) is 10.9 Å². The van der Waals surface area contributed by atoms with E-state index < -0.39 is 28.6 Å². The average molecular weight is 195 g/mol. The molecule has 0 atom stereocenters. The van der Waals surface area contributed by atoms with Gasteiger partial charge >= 0.3 is 0 Å². The van der Waals surface area contributed by atoms with Crippen molar-refractivity contribution in [1.29, 1.82) is 0 Å². The smallest absolute Gasteiger partial charge is 0.257 e. The molecular formula is C8H5NO5-2. The van der Waals surface area contributed by atoms with Crippen LogP contribution in [0.25, 0.3) is 0 Å². The van der Waals surface area contributed by atoms with Gasteiger partial charge in [-0.05, 0) is 13.0 Å². The van der Waals surface area contributed by atoms with Gasteiger partial charge in [0.05, 0.1) is 17.5 Å². The van der Waals surface area contributed by atoms with E-state index in [1.807, 2.05) is 0 Å². The molecule has 0 unspecified atom stereocenters. The number of carboxylic acid groups (broad SMARTS) is 2. The van der Waals surface area contributed by atoms with E-state index in [0.717, 1.165) is 6.07 Å². The Morgan fingerprint density at radius 1 is 1.29 bits per heavy atom. The molecule has 1 aromatic rings. The first kappa shape index (κ1) is 9.97. The zero-order valence-corrected chi connectivity index (χ0v) is 7.12. The van der Waals surface area contributed by atoms with Gasteiger partial charge in [0.2, 0.25) is 0 Å². The molecule has 6 nitrogen and oxygen atoms in total. The summed E-state index contributed by atoms with van der Waals surface area (Å²) >= 11 is 0. The first-order valence-electron chi connectivity index (χ1n) is 3.60. The number of aromatic amines is 1. The van der Waals surface area contributed by atoms with E-state index in [4.69, 9.17) is 0 Å². The molecule has 1 heterocycles. The second-order valence-electron chi connectivity index (χ2n) is 2.65. The molecule has 0 aromatic carbocycles. The van der Waals surface area contributed by atoms with E-state index in [9.17, 15) is 24.6 Å². The Hall–Kier alpha value is -2.11. The van der Waals surface area contributed by atoms with Crippen molar-refractivity contribution in [3.05, 3.63) is 33.2 Å². The predicted octanol–water partition coefficient (Wildman–Crippen LogP) is -2.59. The van der Waals surface area contributed by atoms with E-state index >= 15 is 0 Å². The van der Waals surface area contributed by atoms with Crippen LogP contribution in [0.4, 0.5) is 0 Å². The molecule has 0 spiro atoms. The number of hydrogen-bond donors (Lipinski definition) is 1. The monoisotopic (exact) mass is 195 g/mol. The summed E-state index contributed by atoms with van der Waals surface area (Å²) in [6, 6.07) is 1.00. The van der Waals surface area contributed by atoms with Crippen molar-refractivity contribution in [2.24, 2.45) is 0 Å². The van der Waals surface area contributed by atoms with Crippen molar-refractivity contribution in [2.75, 3.05) is 0 Å². The summed E-state index contributed by atoms with van der Waals surface area (Å²) in [6.45, 7) is 1.42. The van der Waals surface area contributed by atoms with Gasteiger partial charge in [0, 0.05) is 11.3 Å². The van der Waals surface area contributed by atoms with Crippen LogP contribution in [0.1, 0.15) is 26.4 Å². The molecule has 0 saturated heterocycles. The molecule has 0 aliphatic carbocycles. The van der Waals surface area contributed by atoms with Gasteiger partial charge < -0.3 is 24.8 Å². The van der Waals surface area contributed by atoms with Crippen LogP contribution >= 0.6 is 0 Å². The normalized spacial score (nSPS) is 9.79. The third kappa shape index (κ3) is 1.63. The number of H-pyrrole nitrogens is 1. The molecule has 6 heteroatoms. The largest absolute Gasteiger partial charge is 0.545 e. The maximum Gasteiger partial charge on any atom is 0.257 e. The topological polar surface area (TPSA) is 113 Å². The number of carboxylic acids is 2. The Balaban J connectivity index is 3.61. The molecule has 1 N–H and O–H groups in total. The number of nitrogens with one attached hydrogen (secondary N) is 1. The van der Waals surface area contributed by atoms with Crippen LogP contribution in [0.5, 0.6) is 0 Å². The Labute approximate surface area is 77.8 Å². The van der Waals surface area contributed by atoms with Gasteiger partial charge in [0.15, 0.2) is 0 Å². The maximum atomic E-state index is 11.0. The van der Waals surface area contributed by atoms with Gasteiger partial charge in [-0.2, -0.15) is 0 Å². The minimum atomic E-state index is -1.84. The molecule has 1 aromatic heterocycles. The van der Waals surface area contributed by atoms with E-state index in [0.29, 0.717) is 0 Å². The van der Waals surface area contributed by atoms with Gasteiger partial charge in [0.25, 0.3) is 5.56 Å². The number of hydrogen-bond acceptors (Lipinski definition) is 5. The Morgan fingerprint density at radius 2 is 1.86 bits per heavy atom. The zero-order chi connectivity index (χ0) is 10.9. The SMILES string of the molecule is Cc1cc(C(=O)[O-])c(C(=O)[O-])c(=O)[nH]1. The summed E-state index contributed by atoms with van der Waals surface area (Å²) in [7, 11) is 0. The van der Waals surface area contributed by atoms with Gasteiger partial charge in [-0.15, -0.1) is 0 Å². The fourth-order valence-corrected chi connectivity index (χ4v) is 1.05. The molecule has 0 fully saturated rings. The Morgan fingerprint density at radius 3 is 2.29 bits per heavy atom. The summed E-state index contributed by atoms with van der Waals surface area (Å²) in [5.41, 5.74) is -2.37. The van der Waals surface area contributed by atoms with Crippen LogP contribution in [-0.4, -0.2) is 16.9 Å². The first-order chi connectivity index (χ1) is 6.43. The third-order valence-corrected chi connectivity index (χ3v) is 1.59. The van der Waals surface area contributed by atoms with Crippen LogP contribution in [0, 0.1) is 6.92 Å². The summed E-state index contributed by atoms with van der Waals surface area (Å²) in [5.74, 6) is -3.57. The summed E-state index contributed by atoms with van der Waals surface area (Å²) in [5, 5.41) is 20.9. The predicted molar refractivity (Wildman–Crippen MR) is 40.5 cm³/mol. The van der Waals surface area contributed by atoms with E-state index in [1.165, 1.54) is 6.92 Å². The number of rotatable bonds is 2. The lowest BCUT2D eigenvalue weighted by atomic mass is 10.1. The van der Waals surface area contributed by atoms with Crippen molar-refractivity contribution in [2.45, 2.75) is 6.92 Å².